The van der Waals surface area contributed by atoms with E-state index in [1.54, 1.807) is 24.3 Å². The van der Waals surface area contributed by atoms with Crippen LogP contribution in [0.5, 0.6) is 0 Å². The third kappa shape index (κ3) is 2.55. The highest BCUT2D eigenvalue weighted by molar-refractivity contribution is 5.89. The highest BCUT2D eigenvalue weighted by Crippen LogP contribution is 2.46. The molecule has 2 aliphatic heterocycles. The maximum atomic E-state index is 11.7. The van der Waals surface area contributed by atoms with E-state index in [1.807, 2.05) is 24.3 Å². The third-order valence-electron chi connectivity index (χ3n) is 5.17. The summed E-state index contributed by atoms with van der Waals surface area (Å²) >= 11 is 0. The Morgan fingerprint density at radius 1 is 0.960 bits per heavy atom. The molecule has 0 aromatic heterocycles. The van der Waals surface area contributed by atoms with Crippen molar-refractivity contribution in [1.82, 2.24) is 5.32 Å². The molecule has 6 heteroatoms. The Morgan fingerprint density at radius 2 is 1.64 bits per heavy atom. The number of para-hydroxylation sites is 1. The maximum absolute atomic E-state index is 11.7. The number of hydrogen-bond donors (Lipinski definition) is 4. The largest absolute Gasteiger partial charge is 0.480 e. The first-order valence-corrected chi connectivity index (χ1v) is 8.23. The lowest BCUT2D eigenvalue weighted by molar-refractivity contribution is -0.140. The van der Waals surface area contributed by atoms with Gasteiger partial charge in [0.25, 0.3) is 0 Å². The number of rotatable bonds is 3. The summed E-state index contributed by atoms with van der Waals surface area (Å²) in [7, 11) is 0. The van der Waals surface area contributed by atoms with E-state index < -0.39 is 24.0 Å². The van der Waals surface area contributed by atoms with Gasteiger partial charge >= 0.3 is 11.9 Å². The summed E-state index contributed by atoms with van der Waals surface area (Å²) < 4.78 is 0. The molecule has 4 unspecified atom stereocenters. The average molecular weight is 338 g/mol. The Kier molecular flexibility index (Phi) is 3.69. The molecule has 6 nitrogen and oxygen atoms in total. The van der Waals surface area contributed by atoms with Gasteiger partial charge in [0.05, 0.1) is 17.6 Å². The van der Waals surface area contributed by atoms with Crippen molar-refractivity contribution in [2.24, 2.45) is 0 Å². The quantitative estimate of drug-likeness (QED) is 0.686. The molecule has 1 saturated heterocycles. The second-order valence-electron chi connectivity index (χ2n) is 6.53. The van der Waals surface area contributed by atoms with E-state index in [9.17, 15) is 19.8 Å². The number of nitrogens with one attached hydrogen (secondary N) is 2. The first-order valence-electron chi connectivity index (χ1n) is 8.23. The van der Waals surface area contributed by atoms with Crippen LogP contribution in [0.25, 0.3) is 0 Å². The zero-order chi connectivity index (χ0) is 17.6. The molecule has 2 aromatic rings. The molecule has 4 N–H and O–H groups in total. The number of aromatic carboxylic acids is 1. The van der Waals surface area contributed by atoms with Crippen molar-refractivity contribution < 1.29 is 19.8 Å². The van der Waals surface area contributed by atoms with Crippen LogP contribution in [-0.4, -0.2) is 34.2 Å². The monoisotopic (exact) mass is 338 g/mol. The number of carboxylic acid groups (broad SMARTS) is 2. The van der Waals surface area contributed by atoms with Crippen LogP contribution in [0.2, 0.25) is 0 Å². The van der Waals surface area contributed by atoms with Crippen LogP contribution < -0.4 is 10.6 Å². The number of hydrogen-bond acceptors (Lipinski definition) is 4. The number of piperidine rings is 1. The molecular formula is C19H18N2O4. The number of benzene rings is 2. The van der Waals surface area contributed by atoms with Gasteiger partial charge in [-0.1, -0.05) is 36.4 Å². The maximum Gasteiger partial charge on any atom is 0.336 e. The van der Waals surface area contributed by atoms with E-state index in [0.29, 0.717) is 12.0 Å². The van der Waals surface area contributed by atoms with Crippen molar-refractivity contribution in [1.29, 1.82) is 0 Å². The molecule has 0 saturated carbocycles. The molecule has 128 valence electrons. The molecule has 0 radical (unpaired) electrons. The third-order valence-corrected chi connectivity index (χ3v) is 5.17. The number of anilines is 1. The SMILES string of the molecule is O=C(O)c1ccccc1C1NC(C(=O)O)CC2c3ccccc3NC21. The van der Waals surface area contributed by atoms with Crippen LogP contribution in [0.4, 0.5) is 5.69 Å². The summed E-state index contributed by atoms with van der Waals surface area (Å²) in [4.78, 5) is 23.3. The Hall–Kier alpha value is -2.86. The summed E-state index contributed by atoms with van der Waals surface area (Å²) in [5, 5.41) is 25.7. The molecule has 2 aliphatic rings. The number of aliphatic carboxylic acids is 1. The van der Waals surface area contributed by atoms with Crippen molar-refractivity contribution in [3.8, 4) is 0 Å². The molecule has 2 heterocycles. The highest BCUT2D eigenvalue weighted by atomic mass is 16.4. The van der Waals surface area contributed by atoms with E-state index in [-0.39, 0.29) is 17.5 Å². The Labute approximate surface area is 144 Å². The van der Waals surface area contributed by atoms with Gasteiger partial charge in [0.15, 0.2) is 0 Å². The van der Waals surface area contributed by atoms with Crippen molar-refractivity contribution in [2.45, 2.75) is 30.5 Å². The van der Waals surface area contributed by atoms with Crippen molar-refractivity contribution in [3.63, 3.8) is 0 Å². The van der Waals surface area contributed by atoms with Gasteiger partial charge in [-0.05, 0) is 29.7 Å². The smallest absolute Gasteiger partial charge is 0.336 e. The Bertz CT molecular complexity index is 851. The lowest BCUT2D eigenvalue weighted by Crippen LogP contribution is -2.52. The topological polar surface area (TPSA) is 98.7 Å². The lowest BCUT2D eigenvalue weighted by Gasteiger charge is -2.39. The minimum Gasteiger partial charge on any atom is -0.480 e. The minimum atomic E-state index is -1.01. The second kappa shape index (κ2) is 5.89. The van der Waals surface area contributed by atoms with E-state index in [1.165, 1.54) is 0 Å². The van der Waals surface area contributed by atoms with Gasteiger partial charge in [-0.2, -0.15) is 0 Å². The Balaban J connectivity index is 1.80. The van der Waals surface area contributed by atoms with Crippen LogP contribution in [0.1, 0.15) is 39.9 Å². The number of carbonyl (C=O) groups is 2. The fourth-order valence-electron chi connectivity index (χ4n) is 4.08. The molecule has 4 rings (SSSR count). The Morgan fingerprint density at radius 3 is 2.36 bits per heavy atom. The minimum absolute atomic E-state index is 0.0189. The van der Waals surface area contributed by atoms with Gasteiger partial charge in [0, 0.05) is 11.6 Å². The molecule has 4 atom stereocenters. The standard InChI is InChI=1S/C19H18N2O4/c22-18(23)12-7-2-1-6-11(12)16-17-13(9-15(21-16)19(24)25)10-5-3-4-8-14(10)20-17/h1-8,13,15-17,20-21H,9H2,(H,22,23)(H,24,25). The second-order valence-corrected chi connectivity index (χ2v) is 6.53. The summed E-state index contributed by atoms with van der Waals surface area (Å²) in [5.41, 5.74) is 2.89. The van der Waals surface area contributed by atoms with Crippen LogP contribution in [0.15, 0.2) is 48.5 Å². The molecule has 0 spiro atoms. The van der Waals surface area contributed by atoms with E-state index in [0.717, 1.165) is 11.3 Å². The van der Waals surface area contributed by atoms with E-state index in [2.05, 4.69) is 10.6 Å². The average Bonchev–Trinajstić information content (AvgIpc) is 2.99. The lowest BCUT2D eigenvalue weighted by atomic mass is 9.78. The molecule has 25 heavy (non-hydrogen) atoms. The fourth-order valence-corrected chi connectivity index (χ4v) is 4.08. The van der Waals surface area contributed by atoms with E-state index >= 15 is 0 Å². The van der Waals surface area contributed by atoms with Crippen LogP contribution in [-0.2, 0) is 4.79 Å². The predicted molar refractivity (Wildman–Crippen MR) is 91.9 cm³/mol. The molecule has 1 fully saturated rings. The van der Waals surface area contributed by atoms with Gasteiger partial charge in [-0.25, -0.2) is 4.79 Å². The van der Waals surface area contributed by atoms with E-state index in [4.69, 9.17) is 0 Å². The molecule has 0 aliphatic carbocycles. The molecular weight excluding hydrogens is 320 g/mol. The van der Waals surface area contributed by atoms with Crippen molar-refractivity contribution in [2.75, 3.05) is 5.32 Å². The van der Waals surface area contributed by atoms with Gasteiger partial charge in [-0.3, -0.25) is 10.1 Å². The van der Waals surface area contributed by atoms with Gasteiger partial charge in [0.2, 0.25) is 0 Å². The summed E-state index contributed by atoms with van der Waals surface area (Å²) in [6.07, 6.45) is 0.468. The van der Waals surface area contributed by atoms with Gasteiger partial charge in [-0.15, -0.1) is 0 Å². The van der Waals surface area contributed by atoms with Crippen molar-refractivity contribution >= 4 is 17.6 Å². The van der Waals surface area contributed by atoms with Crippen LogP contribution in [0.3, 0.4) is 0 Å². The van der Waals surface area contributed by atoms with Crippen molar-refractivity contribution in [3.05, 3.63) is 65.2 Å². The highest BCUT2D eigenvalue weighted by Gasteiger charge is 2.46. The first kappa shape index (κ1) is 15.7. The predicted octanol–water partition coefficient (Wildman–Crippen LogP) is 2.45. The zero-order valence-corrected chi connectivity index (χ0v) is 13.3. The van der Waals surface area contributed by atoms with Gasteiger partial charge in [0.1, 0.15) is 6.04 Å². The zero-order valence-electron chi connectivity index (χ0n) is 13.3. The van der Waals surface area contributed by atoms with Gasteiger partial charge < -0.3 is 15.5 Å². The first-order chi connectivity index (χ1) is 12.1. The van der Waals surface area contributed by atoms with Crippen LogP contribution in [0, 0.1) is 0 Å². The molecule has 2 aromatic carbocycles. The summed E-state index contributed by atoms with van der Waals surface area (Å²) in [6.45, 7) is 0. The number of fused-ring (bicyclic) bond motifs is 3. The molecule has 0 bridgehead atoms. The molecule has 0 amide bonds. The fraction of sp³-hybridized carbons (Fsp3) is 0.263. The normalized spacial score (nSPS) is 27.0. The number of carboxylic acids is 2. The summed E-state index contributed by atoms with van der Waals surface area (Å²) in [6, 6.07) is 13.4. The van der Waals surface area contributed by atoms with Crippen LogP contribution >= 0.6 is 0 Å². The summed E-state index contributed by atoms with van der Waals surface area (Å²) in [5.74, 6) is -1.91.